The molecule has 1 fully saturated rings. The lowest BCUT2D eigenvalue weighted by Gasteiger charge is -2.18. The number of nitrogens with two attached hydrogens (primary N) is 1. The van der Waals surface area contributed by atoms with Gasteiger partial charge in [0.05, 0.1) is 16.8 Å². The molecular formula is C17H20N4O4. The van der Waals surface area contributed by atoms with E-state index in [9.17, 15) is 19.2 Å². The van der Waals surface area contributed by atoms with Crippen LogP contribution in [0.5, 0.6) is 0 Å². The average Bonchev–Trinajstić information content (AvgIpc) is 3.09. The van der Waals surface area contributed by atoms with Crippen molar-refractivity contribution in [3.8, 4) is 0 Å². The summed E-state index contributed by atoms with van der Waals surface area (Å²) in [5, 5.41) is 0.396. The van der Waals surface area contributed by atoms with Crippen LogP contribution in [0, 0.1) is 5.92 Å². The van der Waals surface area contributed by atoms with Gasteiger partial charge in [-0.05, 0) is 25.5 Å². The Balaban J connectivity index is 1.99. The first-order valence-corrected chi connectivity index (χ1v) is 8.23. The van der Waals surface area contributed by atoms with Crippen molar-refractivity contribution in [2.75, 3.05) is 13.1 Å². The number of amides is 2. The topological polar surface area (TPSA) is 107 Å². The van der Waals surface area contributed by atoms with Crippen LogP contribution >= 0.6 is 0 Å². The van der Waals surface area contributed by atoms with Gasteiger partial charge in [0.1, 0.15) is 6.54 Å². The number of hydrogen-bond donors (Lipinski definition) is 1. The fraction of sp³-hybridized carbons (Fsp3) is 0.412. The van der Waals surface area contributed by atoms with Gasteiger partial charge in [-0.1, -0.05) is 12.1 Å². The van der Waals surface area contributed by atoms with Crippen LogP contribution in [0.3, 0.4) is 0 Å². The van der Waals surface area contributed by atoms with Gasteiger partial charge in [0.15, 0.2) is 0 Å². The van der Waals surface area contributed by atoms with Crippen molar-refractivity contribution >= 4 is 22.7 Å². The van der Waals surface area contributed by atoms with Gasteiger partial charge in [-0.2, -0.15) is 0 Å². The molecule has 0 bridgehead atoms. The van der Waals surface area contributed by atoms with Gasteiger partial charge in [0.2, 0.25) is 11.8 Å². The fourth-order valence-electron chi connectivity index (χ4n) is 3.26. The zero-order chi connectivity index (χ0) is 18.1. The highest BCUT2D eigenvalue weighted by molar-refractivity contribution is 5.83. The first-order valence-electron chi connectivity index (χ1n) is 8.23. The lowest BCUT2D eigenvalue weighted by atomic mass is 10.1. The highest BCUT2D eigenvalue weighted by Gasteiger charge is 2.30. The van der Waals surface area contributed by atoms with Crippen molar-refractivity contribution in [2.24, 2.45) is 11.7 Å². The van der Waals surface area contributed by atoms with Crippen molar-refractivity contribution in [3.05, 3.63) is 45.1 Å². The summed E-state index contributed by atoms with van der Waals surface area (Å²) >= 11 is 0. The number of aromatic nitrogens is 2. The van der Waals surface area contributed by atoms with Crippen LogP contribution < -0.4 is 17.0 Å². The van der Waals surface area contributed by atoms with Crippen molar-refractivity contribution in [1.29, 1.82) is 0 Å². The summed E-state index contributed by atoms with van der Waals surface area (Å²) in [4.78, 5) is 50.4. The Morgan fingerprint density at radius 2 is 1.92 bits per heavy atom. The number of nitrogens with zero attached hydrogens (tertiary/aromatic N) is 3. The minimum atomic E-state index is -0.509. The summed E-state index contributed by atoms with van der Waals surface area (Å²) in [7, 11) is 0. The number of carbonyl (C=O) groups is 2. The monoisotopic (exact) mass is 344 g/mol. The SMILES string of the molecule is CCn1c(=O)c2ccccc2n(CC(=O)N2CCC(C(N)=O)C2)c1=O. The van der Waals surface area contributed by atoms with Gasteiger partial charge in [-0.15, -0.1) is 0 Å². The molecule has 1 atom stereocenters. The molecule has 1 saturated heterocycles. The number of fused-ring (bicyclic) bond motifs is 1. The third-order valence-electron chi connectivity index (χ3n) is 4.69. The maximum absolute atomic E-state index is 12.6. The van der Waals surface area contributed by atoms with Crippen LogP contribution in [0.2, 0.25) is 0 Å². The highest BCUT2D eigenvalue weighted by atomic mass is 16.2. The number of benzene rings is 1. The third kappa shape index (κ3) is 2.95. The quantitative estimate of drug-likeness (QED) is 0.808. The normalized spacial score (nSPS) is 17.2. The number of likely N-dealkylation sites (tertiary alicyclic amines) is 1. The van der Waals surface area contributed by atoms with Crippen LogP contribution in [-0.2, 0) is 22.7 Å². The van der Waals surface area contributed by atoms with Crippen molar-refractivity contribution in [2.45, 2.75) is 26.4 Å². The van der Waals surface area contributed by atoms with E-state index in [1.165, 1.54) is 9.47 Å². The molecule has 0 aliphatic carbocycles. The molecule has 0 spiro atoms. The summed E-state index contributed by atoms with van der Waals surface area (Å²) in [5.41, 5.74) is 4.86. The van der Waals surface area contributed by atoms with Crippen molar-refractivity contribution in [3.63, 3.8) is 0 Å². The smallest absolute Gasteiger partial charge is 0.331 e. The molecule has 1 aromatic carbocycles. The Hall–Kier alpha value is -2.90. The second kappa shape index (κ2) is 6.54. The molecule has 2 heterocycles. The van der Waals surface area contributed by atoms with E-state index in [4.69, 9.17) is 5.73 Å². The van der Waals surface area contributed by atoms with Crippen LogP contribution in [0.1, 0.15) is 13.3 Å². The van der Waals surface area contributed by atoms with Crippen LogP contribution in [0.25, 0.3) is 10.9 Å². The summed E-state index contributed by atoms with van der Waals surface area (Å²) < 4.78 is 2.44. The lowest BCUT2D eigenvalue weighted by Crippen LogP contribution is -2.43. The lowest BCUT2D eigenvalue weighted by molar-refractivity contribution is -0.131. The molecule has 2 aromatic rings. The van der Waals surface area contributed by atoms with Gasteiger partial charge in [0, 0.05) is 19.6 Å². The van der Waals surface area contributed by atoms with Gasteiger partial charge >= 0.3 is 5.69 Å². The molecule has 2 amide bonds. The Labute approximate surface area is 143 Å². The van der Waals surface area contributed by atoms with E-state index in [0.717, 1.165) is 4.57 Å². The van der Waals surface area contributed by atoms with E-state index in [1.807, 2.05) is 0 Å². The van der Waals surface area contributed by atoms with Crippen LogP contribution in [0.15, 0.2) is 33.9 Å². The summed E-state index contributed by atoms with van der Waals surface area (Å²) in [6.45, 7) is 2.47. The molecule has 8 nitrogen and oxygen atoms in total. The molecule has 2 N–H and O–H groups in total. The predicted octanol–water partition coefficient (Wildman–Crippen LogP) is -0.483. The maximum atomic E-state index is 12.6. The van der Waals surface area contributed by atoms with E-state index in [-0.39, 0.29) is 37.0 Å². The molecule has 0 radical (unpaired) electrons. The first-order chi connectivity index (χ1) is 11.9. The van der Waals surface area contributed by atoms with E-state index in [0.29, 0.717) is 23.9 Å². The number of para-hydroxylation sites is 1. The van der Waals surface area contributed by atoms with E-state index in [2.05, 4.69) is 0 Å². The molecule has 0 saturated carbocycles. The Bertz CT molecular complexity index is 959. The maximum Gasteiger partial charge on any atom is 0.331 e. The molecule has 8 heteroatoms. The van der Waals surface area contributed by atoms with Gasteiger partial charge in [0.25, 0.3) is 5.56 Å². The average molecular weight is 344 g/mol. The molecule has 25 heavy (non-hydrogen) atoms. The van der Waals surface area contributed by atoms with Crippen LogP contribution in [-0.4, -0.2) is 38.9 Å². The number of carbonyl (C=O) groups excluding carboxylic acids is 2. The molecular weight excluding hydrogens is 324 g/mol. The van der Waals surface area contributed by atoms with Crippen LogP contribution in [0.4, 0.5) is 0 Å². The van der Waals surface area contributed by atoms with Gasteiger partial charge in [-0.25, -0.2) is 4.79 Å². The van der Waals surface area contributed by atoms with Crippen molar-refractivity contribution in [1.82, 2.24) is 14.0 Å². The summed E-state index contributed by atoms with van der Waals surface area (Å²) in [6, 6.07) is 6.74. The minimum Gasteiger partial charge on any atom is -0.369 e. The zero-order valence-corrected chi connectivity index (χ0v) is 14.0. The first kappa shape index (κ1) is 16.9. The third-order valence-corrected chi connectivity index (χ3v) is 4.69. The predicted molar refractivity (Wildman–Crippen MR) is 92.0 cm³/mol. The fourth-order valence-corrected chi connectivity index (χ4v) is 3.26. The molecule has 1 aromatic heterocycles. The van der Waals surface area contributed by atoms with E-state index in [1.54, 1.807) is 31.2 Å². The summed E-state index contributed by atoms with van der Waals surface area (Å²) in [5.74, 6) is -1.03. The second-order valence-corrected chi connectivity index (χ2v) is 6.16. The largest absolute Gasteiger partial charge is 0.369 e. The van der Waals surface area contributed by atoms with Gasteiger partial charge < -0.3 is 10.6 Å². The minimum absolute atomic E-state index is 0.175. The molecule has 1 aliphatic heterocycles. The molecule has 132 valence electrons. The summed E-state index contributed by atoms with van der Waals surface area (Å²) in [6.07, 6.45) is 0.533. The molecule has 3 rings (SSSR count). The van der Waals surface area contributed by atoms with Crippen molar-refractivity contribution < 1.29 is 9.59 Å². The Morgan fingerprint density at radius 1 is 1.20 bits per heavy atom. The number of hydrogen-bond acceptors (Lipinski definition) is 4. The Morgan fingerprint density at radius 3 is 2.56 bits per heavy atom. The Kier molecular flexibility index (Phi) is 4.43. The highest BCUT2D eigenvalue weighted by Crippen LogP contribution is 2.16. The van der Waals surface area contributed by atoms with E-state index < -0.39 is 11.6 Å². The number of rotatable bonds is 4. The van der Waals surface area contributed by atoms with Gasteiger partial charge in [-0.3, -0.25) is 23.5 Å². The molecule has 1 unspecified atom stereocenters. The van der Waals surface area contributed by atoms with E-state index >= 15 is 0 Å². The zero-order valence-electron chi connectivity index (χ0n) is 14.0. The standard InChI is InChI=1S/C17H20N4O4/c1-2-20-16(24)12-5-3-4-6-13(12)21(17(20)25)10-14(22)19-8-7-11(9-19)15(18)23/h3-6,11H,2,7-10H2,1H3,(H2,18,23). The second-order valence-electron chi connectivity index (χ2n) is 6.16. The number of primary amides is 1. The molecule has 1 aliphatic rings.